The van der Waals surface area contributed by atoms with Crippen molar-refractivity contribution in [3.05, 3.63) is 24.0 Å². The van der Waals surface area contributed by atoms with Gasteiger partial charge in [-0.05, 0) is 18.1 Å². The van der Waals surface area contributed by atoms with E-state index >= 15 is 0 Å². The van der Waals surface area contributed by atoms with Crippen molar-refractivity contribution >= 4 is 28.0 Å². The molecule has 0 aromatic carbocycles. The van der Waals surface area contributed by atoms with Crippen LogP contribution in [0.5, 0.6) is 0 Å². The molecule has 26 heavy (non-hydrogen) atoms. The van der Waals surface area contributed by atoms with E-state index in [9.17, 15) is 18.0 Å². The summed E-state index contributed by atoms with van der Waals surface area (Å²) in [6.45, 7) is 0.797. The van der Waals surface area contributed by atoms with E-state index in [1.54, 1.807) is 12.4 Å². The predicted molar refractivity (Wildman–Crippen MR) is 86.2 cm³/mol. The van der Waals surface area contributed by atoms with Crippen LogP contribution in [0.2, 0.25) is 0 Å². The molecule has 136 valence electrons. The molecule has 1 unspecified atom stereocenters. The van der Waals surface area contributed by atoms with Crippen molar-refractivity contribution in [2.45, 2.75) is 31.4 Å². The fraction of sp³-hybridized carbons (Fsp3) is 0.438. The topological polar surface area (TPSA) is 87.7 Å². The maximum Gasteiger partial charge on any atom is 0.389 e. The highest BCUT2D eigenvalue weighted by atomic mass is 19.4. The summed E-state index contributed by atoms with van der Waals surface area (Å²) in [7, 11) is 0. The van der Waals surface area contributed by atoms with Crippen molar-refractivity contribution in [3.63, 3.8) is 0 Å². The number of aromatic nitrogens is 5. The largest absolute Gasteiger partial charge is 0.389 e. The zero-order chi connectivity index (χ0) is 18.3. The molecule has 0 aliphatic carbocycles. The maximum atomic E-state index is 12.3. The smallest absolute Gasteiger partial charge is 0.345 e. The van der Waals surface area contributed by atoms with Crippen LogP contribution in [0.3, 0.4) is 0 Å². The Labute approximate surface area is 145 Å². The van der Waals surface area contributed by atoms with Gasteiger partial charge < -0.3 is 9.88 Å². The molecule has 0 spiro atoms. The Kier molecular flexibility index (Phi) is 3.97. The lowest BCUT2D eigenvalue weighted by atomic mass is 9.96. The van der Waals surface area contributed by atoms with E-state index in [1.165, 1.54) is 4.90 Å². The molecule has 4 heterocycles. The molecule has 0 bridgehead atoms. The van der Waals surface area contributed by atoms with Gasteiger partial charge in [-0.25, -0.2) is 0 Å². The number of rotatable bonds is 3. The van der Waals surface area contributed by atoms with Gasteiger partial charge in [0.25, 0.3) is 0 Å². The number of aromatic amines is 1. The summed E-state index contributed by atoms with van der Waals surface area (Å²) in [4.78, 5) is 16.6. The summed E-state index contributed by atoms with van der Waals surface area (Å²) >= 11 is 0. The van der Waals surface area contributed by atoms with Gasteiger partial charge in [-0.15, -0.1) is 15.3 Å². The van der Waals surface area contributed by atoms with Crippen molar-refractivity contribution in [2.24, 2.45) is 0 Å². The monoisotopic (exact) mass is 364 g/mol. The van der Waals surface area contributed by atoms with Gasteiger partial charge in [0.05, 0.1) is 12.6 Å². The molecule has 0 saturated carbocycles. The maximum absolute atomic E-state index is 12.3. The van der Waals surface area contributed by atoms with E-state index in [0.717, 1.165) is 16.3 Å². The fourth-order valence-corrected chi connectivity index (χ4v) is 3.43. The van der Waals surface area contributed by atoms with Gasteiger partial charge in [-0.1, -0.05) is 0 Å². The van der Waals surface area contributed by atoms with Crippen LogP contribution in [0.1, 0.15) is 30.7 Å². The number of nitrogens with zero attached hydrogens (tertiary/aromatic N) is 5. The minimum Gasteiger partial charge on any atom is -0.345 e. The lowest BCUT2D eigenvalue weighted by Gasteiger charge is -2.17. The third kappa shape index (κ3) is 3.06. The first-order valence-electron chi connectivity index (χ1n) is 8.22. The Hall–Kier alpha value is -2.78. The van der Waals surface area contributed by atoms with Gasteiger partial charge >= 0.3 is 6.18 Å². The summed E-state index contributed by atoms with van der Waals surface area (Å²) in [5, 5.41) is 17.8. The number of halogens is 3. The quantitative estimate of drug-likeness (QED) is 0.772. The number of hydrogen-bond donors (Lipinski definition) is 1. The van der Waals surface area contributed by atoms with Crippen LogP contribution in [-0.2, 0) is 4.79 Å². The highest BCUT2D eigenvalue weighted by molar-refractivity contribution is 6.03. The molecule has 4 rings (SSSR count). The summed E-state index contributed by atoms with van der Waals surface area (Å²) < 4.78 is 37.0. The van der Waals surface area contributed by atoms with Gasteiger partial charge in [-0.3, -0.25) is 4.79 Å². The number of carbonyl (C=O) groups is 1. The molecule has 1 atom stereocenters. The molecule has 3 aromatic heterocycles. The van der Waals surface area contributed by atoms with E-state index in [0.29, 0.717) is 30.8 Å². The average Bonchev–Trinajstić information content (AvgIpc) is 3.27. The normalized spacial score (nSPS) is 18.1. The van der Waals surface area contributed by atoms with Crippen LogP contribution in [0.4, 0.5) is 13.2 Å². The predicted octanol–water partition coefficient (Wildman–Crippen LogP) is 2.56. The number of nitrogens with one attached hydrogen (secondary N) is 1. The fourth-order valence-electron chi connectivity index (χ4n) is 3.43. The highest BCUT2D eigenvalue weighted by Gasteiger charge is 2.33. The molecule has 1 amide bonds. The van der Waals surface area contributed by atoms with Gasteiger partial charge in [0.1, 0.15) is 0 Å². The number of alkyl halides is 3. The first-order chi connectivity index (χ1) is 12.4. The molecule has 1 N–H and O–H groups in total. The Morgan fingerprint density at radius 1 is 1.31 bits per heavy atom. The third-order valence-electron chi connectivity index (χ3n) is 4.70. The molecule has 0 radical (unpaired) electrons. The second kappa shape index (κ2) is 6.19. The van der Waals surface area contributed by atoms with Crippen molar-refractivity contribution in [1.29, 1.82) is 0 Å². The lowest BCUT2D eigenvalue weighted by molar-refractivity contribution is -0.148. The van der Waals surface area contributed by atoms with Gasteiger partial charge in [0.2, 0.25) is 11.6 Å². The number of fused-ring (bicyclic) bond motifs is 3. The van der Waals surface area contributed by atoms with Crippen LogP contribution in [-0.4, -0.2) is 55.5 Å². The first-order valence-corrected chi connectivity index (χ1v) is 8.22. The summed E-state index contributed by atoms with van der Waals surface area (Å²) in [5.41, 5.74) is 1.93. The molecule has 1 aliphatic rings. The molecule has 1 aliphatic heterocycles. The van der Waals surface area contributed by atoms with E-state index in [-0.39, 0.29) is 5.92 Å². The molecule has 3 aromatic rings. The Morgan fingerprint density at radius 3 is 2.96 bits per heavy atom. The summed E-state index contributed by atoms with van der Waals surface area (Å²) in [6.07, 6.45) is -1.87. The Bertz CT molecular complexity index is 969. The molecule has 10 heteroatoms. The minimum atomic E-state index is -4.32. The first kappa shape index (κ1) is 16.7. The zero-order valence-corrected chi connectivity index (χ0v) is 13.6. The Balaban J connectivity index is 1.59. The third-order valence-corrected chi connectivity index (χ3v) is 4.70. The highest BCUT2D eigenvalue weighted by Crippen LogP contribution is 2.34. The van der Waals surface area contributed by atoms with Crippen molar-refractivity contribution < 1.29 is 18.0 Å². The van der Waals surface area contributed by atoms with Gasteiger partial charge in [0, 0.05) is 42.4 Å². The van der Waals surface area contributed by atoms with Crippen LogP contribution >= 0.6 is 0 Å². The molecule has 1 saturated heterocycles. The average molecular weight is 364 g/mol. The number of likely N-dealkylation sites (tertiary alicyclic amines) is 1. The van der Waals surface area contributed by atoms with E-state index in [2.05, 4.69) is 25.4 Å². The van der Waals surface area contributed by atoms with Gasteiger partial charge in [0.15, 0.2) is 5.65 Å². The standard InChI is InChI=1S/C16H15F3N6O/c17-16(18,19)4-1-12(26)25-6-3-9(8-25)11-7-21-22-15-13(11)10-2-5-20-14(10)23-24-15/h2,5,7,9H,1,3-4,6,8H2,(H,20,23). The number of H-pyrrole nitrogens is 1. The van der Waals surface area contributed by atoms with Gasteiger partial charge in [-0.2, -0.15) is 18.3 Å². The van der Waals surface area contributed by atoms with Crippen LogP contribution < -0.4 is 0 Å². The van der Waals surface area contributed by atoms with Crippen molar-refractivity contribution in [1.82, 2.24) is 30.3 Å². The van der Waals surface area contributed by atoms with E-state index in [4.69, 9.17) is 0 Å². The second-order valence-electron chi connectivity index (χ2n) is 6.38. The number of hydrogen-bond acceptors (Lipinski definition) is 5. The molecule has 1 fully saturated rings. The Morgan fingerprint density at radius 2 is 2.15 bits per heavy atom. The minimum absolute atomic E-state index is 0.0230. The van der Waals surface area contributed by atoms with Crippen molar-refractivity contribution in [2.75, 3.05) is 13.1 Å². The summed E-state index contributed by atoms with van der Waals surface area (Å²) in [5.74, 6) is -0.493. The molecular formula is C16H15F3N6O. The van der Waals surface area contributed by atoms with Crippen LogP contribution in [0.15, 0.2) is 18.5 Å². The van der Waals surface area contributed by atoms with E-state index in [1.807, 2.05) is 6.07 Å². The SMILES string of the molecule is O=C(CCC(F)(F)F)N1CCC(c2cnnc3nnc4[nH]ccc4c23)C1. The number of amides is 1. The van der Waals surface area contributed by atoms with E-state index < -0.39 is 24.9 Å². The van der Waals surface area contributed by atoms with Crippen LogP contribution in [0.25, 0.3) is 22.1 Å². The number of carbonyl (C=O) groups excluding carboxylic acids is 1. The zero-order valence-electron chi connectivity index (χ0n) is 13.6. The summed E-state index contributed by atoms with van der Waals surface area (Å²) in [6, 6.07) is 1.87. The molecular weight excluding hydrogens is 349 g/mol. The van der Waals surface area contributed by atoms with Crippen LogP contribution in [0, 0.1) is 0 Å². The molecule has 7 nitrogen and oxygen atoms in total. The van der Waals surface area contributed by atoms with Crippen molar-refractivity contribution in [3.8, 4) is 0 Å². The lowest BCUT2D eigenvalue weighted by Crippen LogP contribution is -2.29. The second-order valence-corrected chi connectivity index (χ2v) is 6.38.